The Morgan fingerprint density at radius 2 is 0.634 bits per heavy atom. The number of hydrogen-bond acceptors (Lipinski definition) is 12. The topological polar surface area (TPSA) is 333 Å². The van der Waals surface area contributed by atoms with E-state index in [0.29, 0.717) is 38.0 Å². The molecule has 0 aromatic carbocycles. The highest BCUT2D eigenvalue weighted by atomic mass is 16.3. The second kappa shape index (κ2) is 21.8. The van der Waals surface area contributed by atoms with Gasteiger partial charge in [-0.2, -0.15) is 0 Å². The first-order chi connectivity index (χ1) is 38.3. The third-order valence-corrected chi connectivity index (χ3v) is 25.8. The van der Waals surface area contributed by atoms with Crippen molar-refractivity contribution in [3.63, 3.8) is 0 Å². The number of carbonyl (C=O) groups excluding carboxylic acids is 8. The monoisotopic (exact) mass is 1150 g/mol. The fourth-order valence-electron chi connectivity index (χ4n) is 19.3. The largest absolute Gasteiger partial charge is 0.394 e. The van der Waals surface area contributed by atoms with Gasteiger partial charge in [-0.3, -0.25) is 38.4 Å². The number of nitrogens with one attached hydrogen (secondary N) is 7. The molecule has 20 nitrogen and oxygen atoms in total. The van der Waals surface area contributed by atoms with E-state index in [1.807, 2.05) is 0 Å². The van der Waals surface area contributed by atoms with Gasteiger partial charge in [-0.25, -0.2) is 0 Å². The summed E-state index contributed by atoms with van der Waals surface area (Å²) in [5.74, 6) is -4.07. The van der Waals surface area contributed by atoms with Gasteiger partial charge in [0.1, 0.15) is 0 Å². The number of rotatable bonds is 21. The van der Waals surface area contributed by atoms with Gasteiger partial charge >= 0.3 is 0 Å². The fraction of sp³-hybridized carbons (Fsp3) is 0.871. The quantitative estimate of drug-likeness (QED) is 0.0783. The van der Waals surface area contributed by atoms with E-state index in [9.17, 15) is 53.7 Å². The highest BCUT2D eigenvalue weighted by Gasteiger charge is 2.65. The van der Waals surface area contributed by atoms with Crippen molar-refractivity contribution in [2.45, 2.75) is 201 Å². The van der Waals surface area contributed by atoms with Crippen LogP contribution in [0.5, 0.6) is 0 Å². The normalized spacial score (nSPS) is 41.1. The van der Waals surface area contributed by atoms with E-state index in [1.54, 1.807) is 0 Å². The number of nitrogens with two attached hydrogens (primary N) is 2. The zero-order valence-electron chi connectivity index (χ0n) is 50.4. The number of aliphatic hydroxyl groups is 3. The van der Waals surface area contributed by atoms with E-state index in [4.69, 9.17) is 11.5 Å². The molecule has 14 N–H and O–H groups in total. The molecular formula is C62H99N9O11. The minimum absolute atomic E-state index is 0.00750. The van der Waals surface area contributed by atoms with Gasteiger partial charge in [-0.15, -0.1) is 0 Å². The van der Waals surface area contributed by atoms with E-state index in [-0.39, 0.29) is 147 Å². The van der Waals surface area contributed by atoms with Crippen molar-refractivity contribution in [3.05, 3.63) is 0 Å². The summed E-state index contributed by atoms with van der Waals surface area (Å²) in [6.07, 6.45) is 6.54. The molecule has 0 aromatic heterocycles. The average molecular weight is 1150 g/mol. The van der Waals surface area contributed by atoms with Crippen LogP contribution < -0.4 is 48.7 Å². The summed E-state index contributed by atoms with van der Waals surface area (Å²) in [6.45, 7) is 20.3. The molecule has 0 aromatic rings. The molecule has 15 fully saturated rings. The molecular weight excluding hydrogens is 1050 g/mol. The number of aliphatic hydroxyl groups excluding tert-OH is 3. The molecule has 20 heteroatoms. The second-order valence-electron chi connectivity index (χ2n) is 31.1. The van der Waals surface area contributed by atoms with Crippen molar-refractivity contribution in [1.29, 1.82) is 0 Å². The summed E-state index contributed by atoms with van der Waals surface area (Å²) < 4.78 is 0. The number of carbonyl (C=O) groups is 8. The van der Waals surface area contributed by atoms with E-state index < -0.39 is 97.6 Å². The Labute approximate surface area is 484 Å². The van der Waals surface area contributed by atoms with Crippen LogP contribution in [0.15, 0.2) is 0 Å². The number of amides is 8. The van der Waals surface area contributed by atoms with Crippen molar-refractivity contribution in [1.82, 2.24) is 37.2 Å². The van der Waals surface area contributed by atoms with E-state index in [1.165, 1.54) is 0 Å². The smallest absolute Gasteiger partial charge is 0.225 e. The summed E-state index contributed by atoms with van der Waals surface area (Å²) in [5, 5.41) is 52.9. The zero-order valence-corrected chi connectivity index (χ0v) is 50.4. The summed E-state index contributed by atoms with van der Waals surface area (Å²) >= 11 is 0. The lowest BCUT2D eigenvalue weighted by Gasteiger charge is -2.63. The minimum Gasteiger partial charge on any atom is -0.394 e. The lowest BCUT2D eigenvalue weighted by molar-refractivity contribution is -0.161. The molecule has 458 valence electrons. The van der Waals surface area contributed by atoms with Crippen molar-refractivity contribution in [2.24, 2.45) is 127 Å². The van der Waals surface area contributed by atoms with E-state index >= 15 is 0 Å². The van der Waals surface area contributed by atoms with Crippen LogP contribution in [0.2, 0.25) is 0 Å². The molecule has 0 aliphatic heterocycles. The highest BCUT2D eigenvalue weighted by molar-refractivity contribution is 5.88. The number of hydrogen-bond donors (Lipinski definition) is 12. The van der Waals surface area contributed by atoms with Gasteiger partial charge in [-0.1, -0.05) is 69.2 Å². The van der Waals surface area contributed by atoms with Gasteiger partial charge in [0, 0.05) is 49.5 Å². The standard InChI is InChI=1S/C62H99N9O11/c1-58(2)27-11-35(48(64)40(58)16-27)53(78)66-33(25-73)22-46(76)68-49-36(12-28-17-41(49)59(28,3)4)57(82)71-52-39(15-31-20-44(52)62(31,9)10)55(80)67-34(26-74)23-47(77)69-50-37(13-29-18-42(50)60(29,5)6)56(81)70-51-38(14-30-19-43(51)61(30,7)8)54(79)65-32(24-72)21-45(63)75/h27-44,48-52,72-74H,11-26,64H2,1-10H3,(H2,63,75)(H,65,79)(H,66,78)(H,67,80)(H,68,76)(H,69,77)(H,70,81)(H,71,82)/t27-,28-,29-,30-,31-,32-,33-,34-,35+,36+,37+,38+,39+,40-,41-,42-,43-,44-,48-,49-,50-,51-,52-/m1/s1. The predicted molar refractivity (Wildman–Crippen MR) is 303 cm³/mol. The van der Waals surface area contributed by atoms with Crippen LogP contribution in [-0.2, 0) is 38.4 Å². The third kappa shape index (κ3) is 10.4. The van der Waals surface area contributed by atoms with Crippen LogP contribution in [0.4, 0.5) is 0 Å². The molecule has 15 aliphatic rings. The van der Waals surface area contributed by atoms with Gasteiger partial charge < -0.3 is 64.0 Å². The van der Waals surface area contributed by atoms with Crippen LogP contribution in [0.25, 0.3) is 0 Å². The highest BCUT2D eigenvalue weighted by Crippen LogP contribution is 2.65. The number of fused-ring (bicyclic) bond motifs is 10. The van der Waals surface area contributed by atoms with Crippen molar-refractivity contribution in [2.75, 3.05) is 19.8 Å². The lowest BCUT2D eigenvalue weighted by atomic mass is 9.44. The third-order valence-electron chi connectivity index (χ3n) is 25.8. The van der Waals surface area contributed by atoms with Gasteiger partial charge in [0.15, 0.2) is 0 Å². The first-order valence-corrected chi connectivity index (χ1v) is 31.3. The first-order valence-electron chi connectivity index (χ1n) is 31.3. The molecule has 0 radical (unpaired) electrons. The minimum atomic E-state index is -0.960. The average Bonchev–Trinajstić information content (AvgIpc) is 1.13. The van der Waals surface area contributed by atoms with Gasteiger partial charge in [0.05, 0.1) is 67.5 Å². The Balaban J connectivity index is 0.777. The maximum atomic E-state index is 14.9. The van der Waals surface area contributed by atoms with Crippen LogP contribution in [0.3, 0.4) is 0 Å². The molecule has 23 atom stereocenters. The van der Waals surface area contributed by atoms with Gasteiger partial charge in [0.2, 0.25) is 47.3 Å². The predicted octanol–water partition coefficient (Wildman–Crippen LogP) is 1.75. The Morgan fingerprint density at radius 1 is 0.378 bits per heavy atom. The van der Waals surface area contributed by atoms with Crippen molar-refractivity contribution in [3.8, 4) is 0 Å². The fourth-order valence-corrected chi connectivity index (χ4v) is 19.3. The van der Waals surface area contributed by atoms with Gasteiger partial charge in [-0.05, 0) is 150 Å². The van der Waals surface area contributed by atoms with Crippen LogP contribution in [0, 0.1) is 116 Å². The second-order valence-corrected chi connectivity index (χ2v) is 31.1. The molecule has 0 heterocycles. The number of primary amides is 1. The summed E-state index contributed by atoms with van der Waals surface area (Å²) in [5.41, 5.74) is 11.5. The summed E-state index contributed by atoms with van der Waals surface area (Å²) in [6, 6.07) is -5.04. The van der Waals surface area contributed by atoms with Crippen molar-refractivity contribution >= 4 is 47.3 Å². The zero-order chi connectivity index (χ0) is 59.7. The molecule has 10 bridgehead atoms. The van der Waals surface area contributed by atoms with Crippen LogP contribution in [0.1, 0.15) is 153 Å². The Bertz CT molecular complexity index is 2550. The maximum Gasteiger partial charge on any atom is 0.225 e. The van der Waals surface area contributed by atoms with E-state index in [0.717, 1.165) is 32.1 Å². The van der Waals surface area contributed by atoms with Crippen LogP contribution in [-0.4, -0.2) is 131 Å². The summed E-state index contributed by atoms with van der Waals surface area (Å²) in [7, 11) is 0. The Morgan fingerprint density at radius 3 is 0.915 bits per heavy atom. The molecule has 0 saturated heterocycles. The maximum absolute atomic E-state index is 14.9. The van der Waals surface area contributed by atoms with Crippen molar-refractivity contribution < 1.29 is 53.7 Å². The molecule has 0 unspecified atom stereocenters. The molecule has 15 aliphatic carbocycles. The molecule has 82 heavy (non-hydrogen) atoms. The molecule has 8 amide bonds. The van der Waals surface area contributed by atoms with Crippen LogP contribution >= 0.6 is 0 Å². The SMILES string of the molecule is CC1(C)[C@@H]2C[C@H](C(=O)N[C@@H](CO)CC(=O)N[C@@H]3[C@@H](C(=O)N[C@@H]4[C@@H](C(=O)N[C@@H](CO)CC(=O)N[C@@H]5[C@@H](C(=O)N[C@@H]6[C@@H](C(=O)N[C@@H](CO)CC(N)=O)C[C@@H]7C[C@H]6C7(C)C)C[C@@H]6C[C@H]5C6(C)C)C[C@@H]5C[C@H]4C5(C)C)C[C@@H]4C[C@H]3C4(C)C)[C@@H](N)[C@H]1C2. The van der Waals surface area contributed by atoms with E-state index in [2.05, 4.69) is 106 Å². The molecule has 15 saturated carbocycles. The summed E-state index contributed by atoms with van der Waals surface area (Å²) in [4.78, 5) is 112. The Kier molecular flexibility index (Phi) is 16.2. The molecule has 15 rings (SSSR count). The van der Waals surface area contributed by atoms with Gasteiger partial charge in [0.25, 0.3) is 0 Å². The molecule has 0 spiro atoms. The lowest BCUT2D eigenvalue weighted by Crippen LogP contribution is -2.69. The first kappa shape index (κ1) is 60.7. The Hall–Kier alpha value is -4.40.